The standard InChI is InChI=1S/C15H13Cl2N3O2.C14H20ClNO2.C11H11Cl2NO2.C3H8NO5P/c1-2-7-22-13-9-12(10(16)8-11(13)17)20-15(21)19-6-4-3-5-14(19)18-20;1-4-12-8-6-7-11(3)14(12)16(10-18-5-2)13(17)9-15;1-7-6-16-9-5-3-2-4-8(9)14(7)11(15)10(12)13;5-3(6)1-4-2-10(7,8)9/h1,8-9H,3-7H2;6-8H,4-5,9-10H2,1-3H3;2-5,7,10H,6H2,1H3;4H,1-2H2,(H,5,6)(H2,7,8,9). The molecule has 4 aromatic rings. The average Bonchev–Trinajstić information content (AvgIpc) is 3.61. The van der Waals surface area contributed by atoms with Crippen molar-refractivity contribution in [2.24, 2.45) is 0 Å². The number of ether oxygens (including phenoxy) is 3. The van der Waals surface area contributed by atoms with Crippen LogP contribution >= 0.6 is 65.6 Å². The van der Waals surface area contributed by atoms with Crippen LogP contribution in [0, 0.1) is 19.3 Å². The average molecular weight is 1040 g/mol. The second kappa shape index (κ2) is 27.5. The number of aliphatic carboxylic acids is 1. The predicted octanol–water partition coefficient (Wildman–Crippen LogP) is 7.21. The Labute approximate surface area is 407 Å². The third kappa shape index (κ3) is 16.5. The number of carboxylic acid groups (broad SMARTS) is 1. The monoisotopic (exact) mass is 1030 g/mol. The van der Waals surface area contributed by atoms with E-state index in [0.717, 1.165) is 54.0 Å². The number of anilines is 2. The molecular formula is C43H52Cl5N6O11P. The largest absolute Gasteiger partial charge is 0.489 e. The summed E-state index contributed by atoms with van der Waals surface area (Å²) in [6.45, 7) is 9.45. The first kappa shape index (κ1) is 56.0. The van der Waals surface area contributed by atoms with Crippen molar-refractivity contribution in [3.8, 4) is 29.5 Å². The van der Waals surface area contributed by atoms with E-state index >= 15 is 0 Å². The summed E-state index contributed by atoms with van der Waals surface area (Å²) in [4.78, 5) is 64.6. The molecule has 23 heteroatoms. The van der Waals surface area contributed by atoms with Gasteiger partial charge < -0.3 is 34.0 Å². The predicted molar refractivity (Wildman–Crippen MR) is 257 cm³/mol. The molecule has 0 bridgehead atoms. The Bertz CT molecular complexity index is 2420. The number of nitrogens with one attached hydrogen (secondary N) is 1. The van der Waals surface area contributed by atoms with Crippen molar-refractivity contribution in [1.82, 2.24) is 19.7 Å². The van der Waals surface area contributed by atoms with E-state index in [4.69, 9.17) is 93.5 Å². The van der Waals surface area contributed by atoms with E-state index in [9.17, 15) is 23.7 Å². The highest BCUT2D eigenvalue weighted by molar-refractivity contribution is 7.51. The molecule has 1 unspecified atom stereocenters. The van der Waals surface area contributed by atoms with Crippen molar-refractivity contribution >= 4 is 94.8 Å². The summed E-state index contributed by atoms with van der Waals surface area (Å²) in [7, 11) is -4.10. The molecule has 1 aromatic heterocycles. The lowest BCUT2D eigenvalue weighted by Gasteiger charge is -2.35. The number of terminal acetylenes is 1. The van der Waals surface area contributed by atoms with Gasteiger partial charge in [0, 0.05) is 25.6 Å². The van der Waals surface area contributed by atoms with Gasteiger partial charge in [-0.2, -0.15) is 4.68 Å². The molecule has 0 radical (unpaired) electrons. The number of aromatic nitrogens is 3. The number of hydrogen-bond acceptors (Lipinski definition) is 10. The first-order valence-corrected chi connectivity index (χ1v) is 24.3. The van der Waals surface area contributed by atoms with Gasteiger partial charge in [0.05, 0.1) is 46.0 Å². The zero-order chi connectivity index (χ0) is 49.1. The summed E-state index contributed by atoms with van der Waals surface area (Å²) >= 11 is 29.2. The first-order chi connectivity index (χ1) is 31.3. The van der Waals surface area contributed by atoms with Crippen LogP contribution in [0.1, 0.15) is 50.6 Å². The fourth-order valence-corrected chi connectivity index (χ4v) is 7.70. The lowest BCUT2D eigenvalue weighted by atomic mass is 10.0. The number of rotatable bonds is 14. The molecule has 1 atom stereocenters. The third-order valence-corrected chi connectivity index (χ3v) is 11.2. The molecule has 0 saturated carbocycles. The maximum Gasteiger partial charge on any atom is 0.350 e. The van der Waals surface area contributed by atoms with E-state index in [0.29, 0.717) is 47.0 Å². The summed E-state index contributed by atoms with van der Waals surface area (Å²) in [5.74, 6) is 2.57. The van der Waals surface area contributed by atoms with Gasteiger partial charge in [0.2, 0.25) is 5.91 Å². The molecule has 360 valence electrons. The molecule has 2 aliphatic heterocycles. The SMILES string of the molecule is C#CCOc1cc(-n2nc3n(c2=O)CCCC3)c(Cl)cc1Cl.CC1COc2ccccc2N1C(=O)C(Cl)Cl.CCOCN(C(=O)CCl)c1c(C)cccc1CC.O=C(O)CNCP(=O)(O)O. The summed E-state index contributed by atoms with van der Waals surface area (Å²) in [5.41, 5.74) is 4.07. The van der Waals surface area contributed by atoms with Gasteiger partial charge in [-0.1, -0.05) is 89.6 Å². The Hall–Kier alpha value is -4.31. The highest BCUT2D eigenvalue weighted by Crippen LogP contribution is 2.35. The van der Waals surface area contributed by atoms with E-state index < -0.39 is 31.2 Å². The van der Waals surface area contributed by atoms with Crippen LogP contribution in [0.15, 0.2) is 59.4 Å². The Morgan fingerprint density at radius 1 is 1.08 bits per heavy atom. The summed E-state index contributed by atoms with van der Waals surface area (Å²) in [6, 6.07) is 16.4. The number of aryl methyl sites for hydroxylation is 3. The highest BCUT2D eigenvalue weighted by atomic mass is 35.5. The summed E-state index contributed by atoms with van der Waals surface area (Å²) < 4.78 is 29.3. The minimum Gasteiger partial charge on any atom is -0.489 e. The zero-order valence-electron chi connectivity index (χ0n) is 36.6. The van der Waals surface area contributed by atoms with Gasteiger partial charge in [-0.3, -0.25) is 33.7 Å². The minimum absolute atomic E-state index is 0.0371. The zero-order valence-corrected chi connectivity index (χ0v) is 41.3. The van der Waals surface area contributed by atoms with Crippen LogP contribution in [0.4, 0.5) is 11.4 Å². The fourth-order valence-electron chi connectivity index (χ4n) is 6.42. The van der Waals surface area contributed by atoms with Crippen LogP contribution in [-0.2, 0) is 43.1 Å². The lowest BCUT2D eigenvalue weighted by Crippen LogP contribution is -2.47. The van der Waals surface area contributed by atoms with Gasteiger partial charge in [0.15, 0.2) is 4.84 Å². The van der Waals surface area contributed by atoms with Crippen LogP contribution in [0.5, 0.6) is 11.5 Å². The number of carboxylic acids is 1. The maximum atomic E-state index is 12.5. The van der Waals surface area contributed by atoms with Crippen molar-refractivity contribution in [1.29, 1.82) is 0 Å². The molecular weight excluding hydrogens is 985 g/mol. The Balaban J connectivity index is 0.000000242. The third-order valence-electron chi connectivity index (χ3n) is 9.39. The number of halogens is 5. The number of hydrogen-bond donors (Lipinski definition) is 4. The van der Waals surface area contributed by atoms with Crippen molar-refractivity contribution in [3.05, 3.63) is 92.1 Å². The van der Waals surface area contributed by atoms with Crippen molar-refractivity contribution in [2.45, 2.75) is 70.8 Å². The molecule has 2 amide bonds. The van der Waals surface area contributed by atoms with E-state index in [2.05, 4.69) is 23.3 Å². The summed E-state index contributed by atoms with van der Waals surface area (Å²) in [5, 5.41) is 15.1. The van der Waals surface area contributed by atoms with Gasteiger partial charge in [-0.05, 0) is 69.4 Å². The number of nitrogens with zero attached hydrogens (tertiary/aromatic N) is 5. The number of carbonyl (C=O) groups excluding carboxylic acids is 2. The molecule has 17 nitrogen and oxygen atoms in total. The van der Waals surface area contributed by atoms with Crippen molar-refractivity contribution in [2.75, 3.05) is 55.1 Å². The van der Waals surface area contributed by atoms with Crippen molar-refractivity contribution < 1.29 is 48.1 Å². The second-order valence-corrected chi connectivity index (χ2v) is 18.1. The Kier molecular flexibility index (Phi) is 23.3. The number of amides is 2. The van der Waals surface area contributed by atoms with Crippen LogP contribution in [0.25, 0.3) is 5.69 Å². The number of para-hydroxylation sites is 3. The van der Waals surface area contributed by atoms with Crippen LogP contribution in [-0.4, -0.2) is 103 Å². The number of alkyl halides is 3. The van der Waals surface area contributed by atoms with Crippen LogP contribution in [0.2, 0.25) is 10.0 Å². The molecule has 0 aliphatic carbocycles. The topological polar surface area (TPSA) is 215 Å². The molecule has 0 saturated heterocycles. The number of carbonyl (C=O) groups is 3. The second-order valence-electron chi connectivity index (χ2n) is 14.2. The molecule has 6 rings (SSSR count). The quantitative estimate of drug-likeness (QED) is 0.0426. The van der Waals surface area contributed by atoms with Gasteiger partial charge in [-0.25, -0.2) is 4.79 Å². The smallest absolute Gasteiger partial charge is 0.350 e. The molecule has 4 N–H and O–H groups in total. The van der Waals surface area contributed by atoms with Gasteiger partial charge in [0.25, 0.3) is 5.91 Å². The minimum atomic E-state index is -4.10. The molecule has 0 spiro atoms. The molecule has 0 fully saturated rings. The van der Waals surface area contributed by atoms with E-state index in [1.165, 1.54) is 10.7 Å². The molecule has 2 aliphatic rings. The van der Waals surface area contributed by atoms with Crippen LogP contribution < -0.4 is 30.3 Å². The normalized spacial score (nSPS) is 13.7. The van der Waals surface area contributed by atoms with Crippen LogP contribution in [0.3, 0.4) is 0 Å². The van der Waals surface area contributed by atoms with Gasteiger partial charge >= 0.3 is 19.3 Å². The maximum absolute atomic E-state index is 12.5. The van der Waals surface area contributed by atoms with Gasteiger partial charge in [0.1, 0.15) is 43.1 Å². The van der Waals surface area contributed by atoms with Crippen molar-refractivity contribution in [3.63, 3.8) is 0 Å². The lowest BCUT2D eigenvalue weighted by molar-refractivity contribution is -0.135. The molecule has 3 aromatic carbocycles. The first-order valence-electron chi connectivity index (χ1n) is 20.4. The van der Waals surface area contributed by atoms with E-state index in [-0.39, 0.29) is 42.8 Å². The van der Waals surface area contributed by atoms with E-state index in [1.54, 1.807) is 20.4 Å². The summed E-state index contributed by atoms with van der Waals surface area (Å²) in [6.07, 6.45) is 8.24. The number of fused-ring (bicyclic) bond motifs is 2. The fraction of sp³-hybridized carbons (Fsp3) is 0.419. The number of benzene rings is 3. The molecule has 3 heterocycles. The van der Waals surface area contributed by atoms with E-state index in [1.807, 2.05) is 63.2 Å². The molecule has 66 heavy (non-hydrogen) atoms. The Morgan fingerprint density at radius 2 is 1.79 bits per heavy atom. The Morgan fingerprint density at radius 3 is 2.39 bits per heavy atom. The highest BCUT2D eigenvalue weighted by Gasteiger charge is 2.32. The van der Waals surface area contributed by atoms with Gasteiger partial charge in [-0.15, -0.1) is 23.1 Å².